The average Bonchev–Trinajstić information content (AvgIpc) is 2.46. The topological polar surface area (TPSA) is 142 Å². The summed E-state index contributed by atoms with van der Waals surface area (Å²) >= 11 is 0. The molecule has 0 aromatic heterocycles. The summed E-state index contributed by atoms with van der Waals surface area (Å²) in [6, 6.07) is 2.55. The largest absolute Gasteiger partial charge is 0.463 e. The number of carbonyl (C=O) groups is 2. The van der Waals surface area contributed by atoms with Crippen LogP contribution in [-0.4, -0.2) is 28.3 Å². The molecule has 1 N–H and O–H groups in total. The van der Waals surface area contributed by atoms with Crippen molar-refractivity contribution in [3.63, 3.8) is 0 Å². The van der Waals surface area contributed by atoms with Gasteiger partial charge in [-0.15, -0.1) is 0 Å². The van der Waals surface area contributed by atoms with Gasteiger partial charge in [-0.2, -0.15) is 0 Å². The molecule has 0 saturated heterocycles. The molecule has 0 radical (unpaired) electrons. The van der Waals surface area contributed by atoms with Crippen LogP contribution in [0.15, 0.2) is 30.0 Å². The van der Waals surface area contributed by atoms with Crippen LogP contribution >= 0.6 is 0 Å². The Hall–Kier alpha value is -3.30. The first kappa shape index (κ1) is 17.8. The summed E-state index contributed by atoms with van der Waals surface area (Å²) < 4.78 is 4.66. The Morgan fingerprint density at radius 1 is 1.17 bits per heavy atom. The van der Waals surface area contributed by atoms with Gasteiger partial charge in [0.2, 0.25) is 0 Å². The van der Waals surface area contributed by atoms with Gasteiger partial charge in [-0.05, 0) is 13.8 Å². The second-order valence-electron chi connectivity index (χ2n) is 4.29. The van der Waals surface area contributed by atoms with Gasteiger partial charge < -0.3 is 10.1 Å². The van der Waals surface area contributed by atoms with Crippen LogP contribution in [-0.2, 0) is 9.53 Å². The maximum atomic E-state index is 12.0. The Morgan fingerprint density at radius 3 is 2.13 bits per heavy atom. The van der Waals surface area contributed by atoms with Gasteiger partial charge in [0.1, 0.15) is 0 Å². The quantitative estimate of drug-likeness (QED) is 0.363. The fraction of sp³-hybridized carbons (Fsp3) is 0.231. The van der Waals surface area contributed by atoms with Crippen LogP contribution < -0.4 is 5.32 Å². The zero-order valence-corrected chi connectivity index (χ0v) is 12.3. The summed E-state index contributed by atoms with van der Waals surface area (Å²) in [5.41, 5.74) is -1.32. The zero-order chi connectivity index (χ0) is 17.6. The Bertz CT molecular complexity index is 665. The molecule has 1 amide bonds. The average molecular weight is 323 g/mol. The molecule has 0 atom stereocenters. The molecule has 0 spiro atoms. The number of amides is 1. The van der Waals surface area contributed by atoms with Crippen molar-refractivity contribution < 1.29 is 24.2 Å². The van der Waals surface area contributed by atoms with Crippen LogP contribution in [0.3, 0.4) is 0 Å². The minimum Gasteiger partial charge on any atom is -0.463 e. The van der Waals surface area contributed by atoms with Crippen molar-refractivity contribution in [3.05, 3.63) is 55.8 Å². The fourth-order valence-corrected chi connectivity index (χ4v) is 1.59. The summed E-state index contributed by atoms with van der Waals surface area (Å²) in [6.45, 7) is 3.18. The van der Waals surface area contributed by atoms with Crippen LogP contribution in [0, 0.1) is 20.2 Å². The first-order chi connectivity index (χ1) is 10.7. The van der Waals surface area contributed by atoms with E-state index in [2.05, 4.69) is 10.1 Å². The lowest BCUT2D eigenvalue weighted by molar-refractivity contribution is -0.394. The standard InChI is InChI=1S/C13H13N3O7/c1-3-23-12(17)4-8(2)14-13(18)9-5-10(15(19)20)7-11(6-9)16(21)22/h4-7H,3H2,1-2H3,(H,14,18). The van der Waals surface area contributed by atoms with E-state index in [1.807, 2.05) is 0 Å². The third kappa shape index (κ3) is 5.19. The number of hydrogen-bond donors (Lipinski definition) is 1. The van der Waals surface area contributed by atoms with Gasteiger partial charge in [-0.3, -0.25) is 25.0 Å². The highest BCUT2D eigenvalue weighted by atomic mass is 16.6. The molecule has 1 rings (SSSR count). The van der Waals surface area contributed by atoms with Crippen LogP contribution in [0.1, 0.15) is 24.2 Å². The van der Waals surface area contributed by atoms with Gasteiger partial charge in [0.05, 0.1) is 28.1 Å². The fourth-order valence-electron chi connectivity index (χ4n) is 1.59. The Balaban J connectivity index is 3.05. The van der Waals surface area contributed by atoms with Crippen molar-refractivity contribution in [1.82, 2.24) is 5.32 Å². The molecular weight excluding hydrogens is 310 g/mol. The summed E-state index contributed by atoms with van der Waals surface area (Å²) in [7, 11) is 0. The first-order valence-corrected chi connectivity index (χ1v) is 6.35. The monoisotopic (exact) mass is 323 g/mol. The van der Waals surface area contributed by atoms with Crippen LogP contribution in [0.25, 0.3) is 0 Å². The predicted molar refractivity (Wildman–Crippen MR) is 77.6 cm³/mol. The first-order valence-electron chi connectivity index (χ1n) is 6.35. The molecule has 1 aromatic rings. The van der Waals surface area contributed by atoms with E-state index in [1.54, 1.807) is 6.92 Å². The molecule has 1 aromatic carbocycles. The summed E-state index contributed by atoms with van der Waals surface area (Å²) in [4.78, 5) is 43.1. The number of rotatable bonds is 6. The molecule has 0 bridgehead atoms. The Labute approximate surface area is 130 Å². The molecule has 0 saturated carbocycles. The van der Waals surface area contributed by atoms with Gasteiger partial charge in [0.15, 0.2) is 0 Å². The van der Waals surface area contributed by atoms with Crippen molar-refractivity contribution in [1.29, 1.82) is 0 Å². The number of nitro groups is 2. The lowest BCUT2D eigenvalue weighted by Gasteiger charge is -2.05. The zero-order valence-electron chi connectivity index (χ0n) is 12.3. The van der Waals surface area contributed by atoms with E-state index < -0.39 is 33.1 Å². The lowest BCUT2D eigenvalue weighted by atomic mass is 10.1. The lowest BCUT2D eigenvalue weighted by Crippen LogP contribution is -2.22. The highest BCUT2D eigenvalue weighted by molar-refractivity contribution is 5.97. The smallest absolute Gasteiger partial charge is 0.332 e. The third-order valence-electron chi connectivity index (χ3n) is 2.52. The molecule has 0 heterocycles. The molecule has 23 heavy (non-hydrogen) atoms. The number of nitrogens with zero attached hydrogens (tertiary/aromatic N) is 2. The van der Waals surface area contributed by atoms with Crippen molar-refractivity contribution in [2.75, 3.05) is 6.61 Å². The van der Waals surface area contributed by atoms with Crippen LogP contribution in [0.2, 0.25) is 0 Å². The number of nitro benzene ring substituents is 2. The van der Waals surface area contributed by atoms with E-state index in [1.165, 1.54) is 6.92 Å². The second kappa shape index (κ2) is 7.64. The van der Waals surface area contributed by atoms with E-state index >= 15 is 0 Å². The van der Waals surface area contributed by atoms with Crippen molar-refractivity contribution in [2.45, 2.75) is 13.8 Å². The molecule has 0 aliphatic heterocycles. The SMILES string of the molecule is CCOC(=O)C=C(C)NC(=O)c1cc([N+](=O)[O-])cc([N+](=O)[O-])c1. The van der Waals surface area contributed by atoms with Crippen molar-refractivity contribution >= 4 is 23.3 Å². The highest BCUT2D eigenvalue weighted by Gasteiger charge is 2.20. The number of hydrogen-bond acceptors (Lipinski definition) is 7. The van der Waals surface area contributed by atoms with E-state index in [0.29, 0.717) is 0 Å². The Kier molecular flexibility index (Phi) is 5.89. The molecule has 122 valence electrons. The summed E-state index contributed by atoms with van der Waals surface area (Å²) in [6.07, 6.45) is 1.02. The highest BCUT2D eigenvalue weighted by Crippen LogP contribution is 2.22. The van der Waals surface area contributed by atoms with Gasteiger partial charge in [-0.25, -0.2) is 4.79 Å². The van der Waals surface area contributed by atoms with E-state index in [9.17, 15) is 29.8 Å². The van der Waals surface area contributed by atoms with Crippen molar-refractivity contribution in [2.24, 2.45) is 0 Å². The normalized spacial score (nSPS) is 10.8. The minimum absolute atomic E-state index is 0.127. The minimum atomic E-state index is -0.842. The molecule has 0 aliphatic rings. The third-order valence-corrected chi connectivity index (χ3v) is 2.52. The molecule has 10 nitrogen and oxygen atoms in total. The van der Waals surface area contributed by atoms with Crippen LogP contribution in [0.5, 0.6) is 0 Å². The number of allylic oxidation sites excluding steroid dienone is 1. The summed E-state index contributed by atoms with van der Waals surface area (Å²) in [5, 5.41) is 23.8. The molecule has 10 heteroatoms. The predicted octanol–water partition coefficient (Wildman–Crippen LogP) is 1.70. The van der Waals surface area contributed by atoms with E-state index in [4.69, 9.17) is 0 Å². The molecule has 0 unspecified atom stereocenters. The Morgan fingerprint density at radius 2 is 1.70 bits per heavy atom. The maximum absolute atomic E-state index is 12.0. The maximum Gasteiger partial charge on any atom is 0.332 e. The van der Waals surface area contributed by atoms with Gasteiger partial charge in [0.25, 0.3) is 17.3 Å². The molecule has 0 aliphatic carbocycles. The number of nitrogens with one attached hydrogen (secondary N) is 1. The number of non-ortho nitro benzene ring substituents is 2. The van der Waals surface area contributed by atoms with Gasteiger partial charge in [0, 0.05) is 23.9 Å². The molecule has 0 fully saturated rings. The number of esters is 1. The van der Waals surface area contributed by atoms with E-state index in [-0.39, 0.29) is 17.9 Å². The summed E-state index contributed by atoms with van der Waals surface area (Å²) in [5.74, 6) is -1.50. The van der Waals surface area contributed by atoms with Gasteiger partial charge in [-0.1, -0.05) is 0 Å². The second-order valence-corrected chi connectivity index (χ2v) is 4.29. The van der Waals surface area contributed by atoms with E-state index in [0.717, 1.165) is 24.3 Å². The van der Waals surface area contributed by atoms with Crippen LogP contribution in [0.4, 0.5) is 11.4 Å². The van der Waals surface area contributed by atoms with Crippen molar-refractivity contribution in [3.8, 4) is 0 Å². The van der Waals surface area contributed by atoms with Gasteiger partial charge >= 0.3 is 5.97 Å². The number of benzene rings is 1. The number of carbonyl (C=O) groups excluding carboxylic acids is 2. The number of ether oxygens (including phenoxy) is 1. The molecular formula is C13H13N3O7.